The fourth-order valence-corrected chi connectivity index (χ4v) is 4.59. The Bertz CT molecular complexity index is 466. The number of fused-ring (bicyclic) bond motifs is 2. The maximum atomic E-state index is 12.4. The molecule has 0 aliphatic carbocycles. The molecule has 1 aromatic carbocycles. The third-order valence-electron chi connectivity index (χ3n) is 4.24. The lowest BCUT2D eigenvalue weighted by molar-refractivity contribution is 0.112. The van der Waals surface area contributed by atoms with Crippen molar-refractivity contribution in [2.45, 2.75) is 23.3 Å². The minimum absolute atomic E-state index is 0.00790. The number of nitrogens with zero attached hydrogens (tertiary/aromatic N) is 2. The molecule has 0 amide bonds. The maximum Gasteiger partial charge on any atom is 0.128 e. The number of benzene rings is 1. The molecule has 1 fully saturated rings. The Morgan fingerprint density at radius 2 is 1.82 bits per heavy atom. The molecule has 0 N–H and O–H groups in total. The molecule has 1 aromatic rings. The van der Waals surface area contributed by atoms with Gasteiger partial charge in [0.1, 0.15) is 11.0 Å². The zero-order chi connectivity index (χ0) is 12.0. The van der Waals surface area contributed by atoms with Gasteiger partial charge in [-0.25, -0.2) is 8.51 Å². The van der Waals surface area contributed by atoms with Gasteiger partial charge in [0.05, 0.1) is 10.4 Å². The van der Waals surface area contributed by atoms with Crippen molar-refractivity contribution in [2.24, 2.45) is 0 Å². The van der Waals surface area contributed by atoms with E-state index >= 15 is 0 Å². The Morgan fingerprint density at radius 1 is 1.18 bits per heavy atom. The molecule has 2 aliphatic heterocycles. The maximum absolute atomic E-state index is 12.4. The van der Waals surface area contributed by atoms with E-state index in [1.807, 2.05) is 19.2 Å². The predicted octanol–water partition coefficient (Wildman–Crippen LogP) is 1.58. The van der Waals surface area contributed by atoms with E-state index in [0.29, 0.717) is 0 Å². The molecule has 1 unspecified atom stereocenters. The topological polar surface area (TPSA) is 23.6 Å². The van der Waals surface area contributed by atoms with Crippen LogP contribution in [-0.4, -0.2) is 40.6 Å². The van der Waals surface area contributed by atoms with Crippen LogP contribution < -0.4 is 0 Å². The second kappa shape index (κ2) is 3.90. The zero-order valence-corrected chi connectivity index (χ0v) is 11.2. The van der Waals surface area contributed by atoms with Crippen molar-refractivity contribution in [3.8, 4) is 0 Å². The molecule has 1 spiro atoms. The molecule has 3 nitrogen and oxygen atoms in total. The van der Waals surface area contributed by atoms with Crippen molar-refractivity contribution in [3.63, 3.8) is 0 Å². The van der Waals surface area contributed by atoms with Gasteiger partial charge in [0, 0.05) is 7.05 Å². The summed E-state index contributed by atoms with van der Waals surface area (Å²) in [6.45, 7) is 2.16. The molecule has 92 valence electrons. The van der Waals surface area contributed by atoms with Crippen LogP contribution in [0.5, 0.6) is 0 Å². The fourth-order valence-electron chi connectivity index (χ4n) is 3.05. The van der Waals surface area contributed by atoms with E-state index in [2.05, 4.69) is 28.4 Å². The summed E-state index contributed by atoms with van der Waals surface area (Å²) in [5.74, 6) is 0. The van der Waals surface area contributed by atoms with Gasteiger partial charge in [0.25, 0.3) is 0 Å². The highest BCUT2D eigenvalue weighted by Crippen LogP contribution is 2.47. The SMILES string of the molecule is CN1CCC2(CC1)c1ccccc1S(=O)N2C. The Kier molecular flexibility index (Phi) is 2.61. The lowest BCUT2D eigenvalue weighted by Crippen LogP contribution is -2.48. The van der Waals surface area contributed by atoms with Crippen molar-refractivity contribution in [1.29, 1.82) is 0 Å². The molecule has 0 saturated carbocycles. The molecular formula is C13H18N2OS. The quantitative estimate of drug-likeness (QED) is 0.698. The summed E-state index contributed by atoms with van der Waals surface area (Å²) in [5.41, 5.74) is 1.29. The van der Waals surface area contributed by atoms with E-state index in [1.54, 1.807) is 0 Å². The highest BCUT2D eigenvalue weighted by Gasteiger charge is 2.48. The molecule has 3 rings (SSSR count). The normalized spacial score (nSPS) is 28.5. The van der Waals surface area contributed by atoms with Crippen LogP contribution in [0.1, 0.15) is 18.4 Å². The lowest BCUT2D eigenvalue weighted by atomic mass is 9.81. The first kappa shape index (κ1) is 11.4. The van der Waals surface area contributed by atoms with Crippen LogP contribution in [0.25, 0.3) is 0 Å². The number of rotatable bonds is 0. The molecule has 1 saturated heterocycles. The van der Waals surface area contributed by atoms with Crippen LogP contribution in [0.3, 0.4) is 0 Å². The highest BCUT2D eigenvalue weighted by atomic mass is 32.2. The minimum Gasteiger partial charge on any atom is -0.306 e. The van der Waals surface area contributed by atoms with Gasteiger partial charge in [-0.15, -0.1) is 0 Å². The molecule has 2 aliphatic rings. The summed E-state index contributed by atoms with van der Waals surface area (Å²) >= 11 is 0. The summed E-state index contributed by atoms with van der Waals surface area (Å²) < 4.78 is 14.4. The Labute approximate surface area is 105 Å². The van der Waals surface area contributed by atoms with Crippen molar-refractivity contribution in [3.05, 3.63) is 29.8 Å². The molecule has 17 heavy (non-hydrogen) atoms. The smallest absolute Gasteiger partial charge is 0.128 e. The first-order valence-electron chi connectivity index (χ1n) is 6.09. The molecule has 2 heterocycles. The van der Waals surface area contributed by atoms with E-state index in [9.17, 15) is 4.21 Å². The highest BCUT2D eigenvalue weighted by molar-refractivity contribution is 7.83. The average Bonchev–Trinajstić information content (AvgIpc) is 2.57. The van der Waals surface area contributed by atoms with Crippen molar-refractivity contribution in [1.82, 2.24) is 9.21 Å². The Hall–Kier alpha value is -0.710. The molecule has 0 aromatic heterocycles. The van der Waals surface area contributed by atoms with Crippen LogP contribution in [0.4, 0.5) is 0 Å². The molecule has 1 atom stereocenters. The first-order valence-corrected chi connectivity index (χ1v) is 7.20. The van der Waals surface area contributed by atoms with Crippen LogP contribution in [0.2, 0.25) is 0 Å². The second-order valence-corrected chi connectivity index (χ2v) is 6.56. The molecule has 4 heteroatoms. The van der Waals surface area contributed by atoms with Gasteiger partial charge in [0.15, 0.2) is 0 Å². The van der Waals surface area contributed by atoms with E-state index in [0.717, 1.165) is 30.8 Å². The number of hydrogen-bond acceptors (Lipinski definition) is 2. The molecule has 0 radical (unpaired) electrons. The molecule has 0 bridgehead atoms. The average molecular weight is 250 g/mol. The van der Waals surface area contributed by atoms with Crippen LogP contribution in [0.15, 0.2) is 29.2 Å². The largest absolute Gasteiger partial charge is 0.306 e. The fraction of sp³-hybridized carbons (Fsp3) is 0.538. The lowest BCUT2D eigenvalue weighted by Gasteiger charge is -2.42. The third kappa shape index (κ3) is 1.51. The first-order chi connectivity index (χ1) is 8.15. The second-order valence-electron chi connectivity index (χ2n) is 5.08. The van der Waals surface area contributed by atoms with Gasteiger partial charge in [-0.05, 0) is 44.6 Å². The van der Waals surface area contributed by atoms with Crippen LogP contribution in [-0.2, 0) is 16.5 Å². The zero-order valence-electron chi connectivity index (χ0n) is 10.3. The summed E-state index contributed by atoms with van der Waals surface area (Å²) in [7, 11) is 3.18. The standard InChI is InChI=1S/C13H18N2OS/c1-14-9-7-13(8-10-14)11-5-3-4-6-12(11)17(16)15(13)2/h3-6H,7-10H2,1-2H3. The summed E-state index contributed by atoms with van der Waals surface area (Å²) in [6.07, 6.45) is 2.14. The minimum atomic E-state index is -0.976. The number of hydrogen-bond donors (Lipinski definition) is 0. The van der Waals surface area contributed by atoms with Crippen molar-refractivity contribution >= 4 is 11.0 Å². The van der Waals surface area contributed by atoms with Gasteiger partial charge in [-0.1, -0.05) is 18.2 Å². The van der Waals surface area contributed by atoms with Crippen molar-refractivity contribution < 1.29 is 4.21 Å². The van der Waals surface area contributed by atoms with Crippen LogP contribution in [0, 0.1) is 0 Å². The van der Waals surface area contributed by atoms with Gasteiger partial charge in [-0.2, -0.15) is 0 Å². The van der Waals surface area contributed by atoms with E-state index in [-0.39, 0.29) is 5.54 Å². The Balaban J connectivity index is 2.09. The number of likely N-dealkylation sites (tertiary alicyclic amines) is 1. The summed E-state index contributed by atoms with van der Waals surface area (Å²) in [5, 5.41) is 0. The van der Waals surface area contributed by atoms with Gasteiger partial charge >= 0.3 is 0 Å². The number of piperidine rings is 1. The van der Waals surface area contributed by atoms with Gasteiger partial charge in [-0.3, -0.25) is 0 Å². The summed E-state index contributed by atoms with van der Waals surface area (Å²) in [6, 6.07) is 8.21. The van der Waals surface area contributed by atoms with Crippen LogP contribution >= 0.6 is 0 Å². The molecular weight excluding hydrogens is 232 g/mol. The van der Waals surface area contributed by atoms with Gasteiger partial charge in [0.2, 0.25) is 0 Å². The van der Waals surface area contributed by atoms with Gasteiger partial charge < -0.3 is 4.90 Å². The van der Waals surface area contributed by atoms with E-state index < -0.39 is 11.0 Å². The summed E-state index contributed by atoms with van der Waals surface area (Å²) in [4.78, 5) is 3.36. The Morgan fingerprint density at radius 3 is 2.53 bits per heavy atom. The van der Waals surface area contributed by atoms with Crippen molar-refractivity contribution in [2.75, 3.05) is 27.2 Å². The third-order valence-corrected chi connectivity index (χ3v) is 5.82. The van der Waals surface area contributed by atoms with E-state index in [4.69, 9.17) is 0 Å². The monoisotopic (exact) mass is 250 g/mol. The van der Waals surface area contributed by atoms with E-state index in [1.165, 1.54) is 5.56 Å². The predicted molar refractivity (Wildman–Crippen MR) is 69.0 cm³/mol.